The third-order valence-corrected chi connectivity index (χ3v) is 2.90. The normalized spacial score (nSPS) is 22.1. The molecule has 1 aliphatic rings. The SMILES string of the molecule is COc1ccc(N2C(=O)[C@@H](N=[N+]=[N-])[C@H]2CO)cc1. The number of aliphatic hydroxyl groups is 1. The largest absolute Gasteiger partial charge is 0.497 e. The molecule has 1 amide bonds. The summed E-state index contributed by atoms with van der Waals surface area (Å²) >= 11 is 0. The van der Waals surface area contributed by atoms with Crippen LogP contribution in [0.4, 0.5) is 5.69 Å². The molecular weight excluding hydrogens is 236 g/mol. The lowest BCUT2D eigenvalue weighted by molar-refractivity contribution is -0.126. The maximum absolute atomic E-state index is 11.8. The molecule has 0 radical (unpaired) electrons. The van der Waals surface area contributed by atoms with Crippen molar-refractivity contribution in [3.8, 4) is 5.75 Å². The Morgan fingerprint density at radius 2 is 2.17 bits per heavy atom. The summed E-state index contributed by atoms with van der Waals surface area (Å²) in [5, 5.41) is 12.6. The number of rotatable bonds is 4. The van der Waals surface area contributed by atoms with Gasteiger partial charge in [-0.3, -0.25) is 4.79 Å². The van der Waals surface area contributed by atoms with E-state index in [0.29, 0.717) is 11.4 Å². The fourth-order valence-corrected chi connectivity index (χ4v) is 1.95. The third kappa shape index (κ3) is 1.85. The van der Waals surface area contributed by atoms with Crippen LogP contribution in [-0.4, -0.2) is 36.8 Å². The van der Waals surface area contributed by atoms with Gasteiger partial charge in [0.25, 0.3) is 0 Å². The van der Waals surface area contributed by atoms with Crippen molar-refractivity contribution < 1.29 is 14.6 Å². The number of carbonyl (C=O) groups excluding carboxylic acids is 1. The summed E-state index contributed by atoms with van der Waals surface area (Å²) in [6.07, 6.45) is 0. The number of carbonyl (C=O) groups is 1. The molecule has 0 bridgehead atoms. The standard InChI is InChI=1S/C11H12N4O3/c1-18-8-4-2-7(3-5-8)15-9(6-16)10(11(15)17)13-14-12/h2-5,9-10,16H,6H2,1H3/t9-,10+/m1/s1. The molecule has 0 aromatic heterocycles. The molecule has 94 valence electrons. The van der Waals surface area contributed by atoms with Crippen LogP contribution >= 0.6 is 0 Å². The highest BCUT2D eigenvalue weighted by Gasteiger charge is 2.47. The average molecular weight is 248 g/mol. The zero-order chi connectivity index (χ0) is 13.1. The van der Waals surface area contributed by atoms with Crippen LogP contribution in [0.5, 0.6) is 5.75 Å². The van der Waals surface area contributed by atoms with Gasteiger partial charge in [0, 0.05) is 10.6 Å². The van der Waals surface area contributed by atoms with E-state index in [1.165, 1.54) is 4.90 Å². The van der Waals surface area contributed by atoms with Crippen molar-refractivity contribution in [3.63, 3.8) is 0 Å². The summed E-state index contributed by atoms with van der Waals surface area (Å²) in [6.45, 7) is -0.249. The highest BCUT2D eigenvalue weighted by atomic mass is 16.5. The Kier molecular flexibility index (Phi) is 3.36. The van der Waals surface area contributed by atoms with Crippen molar-refractivity contribution in [3.05, 3.63) is 34.7 Å². The van der Waals surface area contributed by atoms with Crippen LogP contribution in [0.25, 0.3) is 10.4 Å². The Morgan fingerprint density at radius 1 is 1.50 bits per heavy atom. The van der Waals surface area contributed by atoms with E-state index in [1.807, 2.05) is 0 Å². The number of β-lactam (4-membered cyclic amide) rings is 1. The van der Waals surface area contributed by atoms with Crippen molar-refractivity contribution in [2.75, 3.05) is 18.6 Å². The first-order valence-electron chi connectivity index (χ1n) is 5.35. The van der Waals surface area contributed by atoms with Crippen molar-refractivity contribution in [1.82, 2.24) is 0 Å². The molecule has 0 unspecified atom stereocenters. The number of amides is 1. The zero-order valence-electron chi connectivity index (χ0n) is 9.72. The molecule has 1 aromatic carbocycles. The average Bonchev–Trinajstić information content (AvgIpc) is 2.42. The van der Waals surface area contributed by atoms with E-state index in [-0.39, 0.29) is 12.5 Å². The maximum atomic E-state index is 11.8. The maximum Gasteiger partial charge on any atom is 0.238 e. The van der Waals surface area contributed by atoms with Gasteiger partial charge in [0.15, 0.2) is 0 Å². The minimum absolute atomic E-state index is 0.249. The van der Waals surface area contributed by atoms with Gasteiger partial charge in [-0.2, -0.15) is 0 Å². The van der Waals surface area contributed by atoms with Crippen molar-refractivity contribution in [2.45, 2.75) is 12.1 Å². The highest BCUT2D eigenvalue weighted by Crippen LogP contribution is 2.31. The lowest BCUT2D eigenvalue weighted by atomic mass is 9.95. The molecule has 1 aliphatic heterocycles. The van der Waals surface area contributed by atoms with Crippen LogP contribution in [0.2, 0.25) is 0 Å². The first-order valence-corrected chi connectivity index (χ1v) is 5.35. The molecule has 1 fully saturated rings. The second-order valence-corrected chi connectivity index (χ2v) is 3.81. The van der Waals surface area contributed by atoms with Gasteiger partial charge >= 0.3 is 0 Å². The first kappa shape index (κ1) is 12.2. The number of aliphatic hydroxyl groups excluding tert-OH is 1. The van der Waals surface area contributed by atoms with Gasteiger partial charge in [-0.1, -0.05) is 5.11 Å². The van der Waals surface area contributed by atoms with Gasteiger partial charge in [-0.15, -0.1) is 0 Å². The van der Waals surface area contributed by atoms with Crippen LogP contribution in [0.15, 0.2) is 29.4 Å². The van der Waals surface area contributed by atoms with Gasteiger partial charge in [-0.05, 0) is 29.8 Å². The van der Waals surface area contributed by atoms with E-state index >= 15 is 0 Å². The van der Waals surface area contributed by atoms with E-state index in [0.717, 1.165) is 0 Å². The molecule has 2 rings (SSSR count). The first-order chi connectivity index (χ1) is 8.72. The molecule has 1 aromatic rings. The number of azide groups is 1. The summed E-state index contributed by atoms with van der Waals surface area (Å²) in [5.41, 5.74) is 8.99. The Labute approximate surface area is 103 Å². The second kappa shape index (κ2) is 4.95. The predicted molar refractivity (Wildman–Crippen MR) is 64.3 cm³/mol. The van der Waals surface area contributed by atoms with E-state index < -0.39 is 12.1 Å². The number of anilines is 1. The summed E-state index contributed by atoms with van der Waals surface area (Å²) in [4.78, 5) is 15.8. The number of hydrogen-bond acceptors (Lipinski definition) is 4. The van der Waals surface area contributed by atoms with Crippen LogP contribution < -0.4 is 9.64 Å². The number of methoxy groups -OCH3 is 1. The molecule has 2 atom stereocenters. The van der Waals surface area contributed by atoms with Crippen LogP contribution in [0.3, 0.4) is 0 Å². The smallest absolute Gasteiger partial charge is 0.238 e. The van der Waals surface area contributed by atoms with Crippen molar-refractivity contribution in [2.24, 2.45) is 5.11 Å². The quantitative estimate of drug-likeness (QED) is 0.373. The van der Waals surface area contributed by atoms with Gasteiger partial charge < -0.3 is 14.7 Å². The summed E-state index contributed by atoms with van der Waals surface area (Å²) in [5.74, 6) is 0.371. The fraction of sp³-hybridized carbons (Fsp3) is 0.364. The molecule has 1 saturated heterocycles. The second-order valence-electron chi connectivity index (χ2n) is 3.81. The predicted octanol–water partition coefficient (Wildman–Crippen LogP) is 1.08. The molecule has 7 heteroatoms. The Hall–Kier alpha value is -2.24. The van der Waals surface area contributed by atoms with Crippen molar-refractivity contribution in [1.29, 1.82) is 0 Å². The number of nitrogens with zero attached hydrogens (tertiary/aromatic N) is 4. The minimum atomic E-state index is -0.817. The van der Waals surface area contributed by atoms with E-state index in [1.54, 1.807) is 31.4 Å². The zero-order valence-corrected chi connectivity index (χ0v) is 9.72. The lowest BCUT2D eigenvalue weighted by Gasteiger charge is -2.44. The molecule has 1 N–H and O–H groups in total. The monoisotopic (exact) mass is 248 g/mol. The number of hydrogen-bond donors (Lipinski definition) is 1. The van der Waals surface area contributed by atoms with Crippen molar-refractivity contribution >= 4 is 11.6 Å². The fourth-order valence-electron chi connectivity index (χ4n) is 1.95. The van der Waals surface area contributed by atoms with Gasteiger partial charge in [0.2, 0.25) is 5.91 Å². The lowest BCUT2D eigenvalue weighted by Crippen LogP contribution is -2.65. The molecule has 18 heavy (non-hydrogen) atoms. The third-order valence-electron chi connectivity index (χ3n) is 2.90. The minimum Gasteiger partial charge on any atom is -0.497 e. The molecule has 1 heterocycles. The highest BCUT2D eigenvalue weighted by molar-refractivity contribution is 6.05. The molecule has 7 nitrogen and oxygen atoms in total. The molecule has 0 spiro atoms. The van der Waals surface area contributed by atoms with Gasteiger partial charge in [0.05, 0.1) is 19.8 Å². The topological polar surface area (TPSA) is 98.5 Å². The number of benzene rings is 1. The Balaban J connectivity index is 2.22. The molecule has 0 saturated carbocycles. The van der Waals surface area contributed by atoms with E-state index in [4.69, 9.17) is 10.3 Å². The Bertz CT molecular complexity index is 496. The Morgan fingerprint density at radius 3 is 2.67 bits per heavy atom. The van der Waals surface area contributed by atoms with Crippen LogP contribution in [0, 0.1) is 0 Å². The van der Waals surface area contributed by atoms with Crippen LogP contribution in [-0.2, 0) is 4.79 Å². The van der Waals surface area contributed by atoms with Gasteiger partial charge in [-0.25, -0.2) is 0 Å². The summed E-state index contributed by atoms with van der Waals surface area (Å²) < 4.78 is 5.02. The van der Waals surface area contributed by atoms with E-state index in [9.17, 15) is 9.90 Å². The summed E-state index contributed by atoms with van der Waals surface area (Å²) in [7, 11) is 1.55. The van der Waals surface area contributed by atoms with Gasteiger partial charge in [0.1, 0.15) is 11.8 Å². The molecular formula is C11H12N4O3. The summed E-state index contributed by atoms with van der Waals surface area (Å²) in [6, 6.07) is 5.55. The van der Waals surface area contributed by atoms with E-state index in [2.05, 4.69) is 10.0 Å². The molecule has 0 aliphatic carbocycles. The number of ether oxygens (including phenoxy) is 1. The van der Waals surface area contributed by atoms with Crippen LogP contribution in [0.1, 0.15) is 0 Å².